The van der Waals surface area contributed by atoms with E-state index in [9.17, 15) is 13.8 Å². The molecule has 2 saturated heterocycles. The second-order valence-corrected chi connectivity index (χ2v) is 6.80. The Bertz CT molecular complexity index is 393. The summed E-state index contributed by atoms with van der Waals surface area (Å²) >= 11 is 0. The first-order valence-electron chi connectivity index (χ1n) is 6.78. The smallest absolute Gasteiger partial charge is 0.317 e. The maximum absolute atomic E-state index is 12.1. The number of aliphatic carboxylic acids is 1. The summed E-state index contributed by atoms with van der Waals surface area (Å²) in [6.45, 7) is 1.14. The van der Waals surface area contributed by atoms with Crippen molar-refractivity contribution < 1.29 is 23.6 Å². The zero-order valence-corrected chi connectivity index (χ0v) is 12.1. The van der Waals surface area contributed by atoms with Gasteiger partial charge < -0.3 is 20.1 Å². The molecule has 0 bridgehead atoms. The van der Waals surface area contributed by atoms with Crippen LogP contribution in [0.25, 0.3) is 0 Å². The summed E-state index contributed by atoms with van der Waals surface area (Å²) in [4.78, 5) is 24.4. The Hall–Kier alpha value is -1.15. The molecule has 0 spiro atoms. The summed E-state index contributed by atoms with van der Waals surface area (Å²) < 4.78 is 16.6. The fourth-order valence-electron chi connectivity index (χ4n) is 2.43. The molecule has 7 nitrogen and oxygen atoms in total. The second kappa shape index (κ2) is 7.03. The fraction of sp³-hybridized carbons (Fsp3) is 0.833. The van der Waals surface area contributed by atoms with E-state index in [2.05, 4.69) is 5.32 Å². The van der Waals surface area contributed by atoms with Gasteiger partial charge in [0, 0.05) is 41.4 Å². The molecule has 1 atom stereocenters. The Kier molecular flexibility index (Phi) is 5.36. The molecule has 1 unspecified atom stereocenters. The molecule has 2 amide bonds. The van der Waals surface area contributed by atoms with Crippen LogP contribution in [-0.4, -0.2) is 69.6 Å². The lowest BCUT2D eigenvalue weighted by atomic mass is 10.1. The molecule has 2 fully saturated rings. The zero-order chi connectivity index (χ0) is 14.5. The number of rotatable bonds is 3. The number of carboxylic acid groups (broad SMARTS) is 1. The van der Waals surface area contributed by atoms with E-state index < -0.39 is 22.9 Å². The highest BCUT2D eigenvalue weighted by molar-refractivity contribution is 7.85. The largest absolute Gasteiger partial charge is 0.481 e. The highest BCUT2D eigenvalue weighted by Gasteiger charge is 2.28. The van der Waals surface area contributed by atoms with Crippen LogP contribution in [0.2, 0.25) is 0 Å². The van der Waals surface area contributed by atoms with E-state index >= 15 is 0 Å². The van der Waals surface area contributed by atoms with Crippen LogP contribution >= 0.6 is 0 Å². The van der Waals surface area contributed by atoms with Crippen LogP contribution in [0.1, 0.15) is 19.3 Å². The molecule has 0 aromatic heterocycles. The normalized spacial score (nSPS) is 30.8. The van der Waals surface area contributed by atoms with Crippen molar-refractivity contribution in [3.63, 3.8) is 0 Å². The molecule has 114 valence electrons. The molecule has 2 N–H and O–H groups in total. The van der Waals surface area contributed by atoms with Gasteiger partial charge in [-0.05, 0) is 12.8 Å². The minimum Gasteiger partial charge on any atom is -0.481 e. The van der Waals surface area contributed by atoms with E-state index in [0.29, 0.717) is 31.2 Å². The molecular formula is C12H20N2O5S. The summed E-state index contributed by atoms with van der Waals surface area (Å²) in [5.41, 5.74) is 0. The Morgan fingerprint density at radius 3 is 2.70 bits per heavy atom. The van der Waals surface area contributed by atoms with Crippen LogP contribution in [0.5, 0.6) is 0 Å². The molecule has 2 heterocycles. The first-order valence-corrected chi connectivity index (χ1v) is 8.27. The van der Waals surface area contributed by atoms with Crippen LogP contribution in [0.4, 0.5) is 4.79 Å². The van der Waals surface area contributed by atoms with Gasteiger partial charge >= 0.3 is 12.0 Å². The van der Waals surface area contributed by atoms with Gasteiger partial charge in [-0.25, -0.2) is 4.79 Å². The van der Waals surface area contributed by atoms with Gasteiger partial charge in [0.1, 0.15) is 0 Å². The van der Waals surface area contributed by atoms with E-state index in [-0.39, 0.29) is 18.5 Å². The number of carboxylic acids is 1. The number of hydrogen-bond acceptors (Lipinski definition) is 4. The van der Waals surface area contributed by atoms with E-state index in [1.807, 2.05) is 0 Å². The average Bonchev–Trinajstić information content (AvgIpc) is 2.41. The molecule has 2 rings (SSSR count). The van der Waals surface area contributed by atoms with Crippen molar-refractivity contribution >= 4 is 22.8 Å². The number of nitrogens with one attached hydrogen (secondary N) is 1. The van der Waals surface area contributed by atoms with Gasteiger partial charge in [-0.3, -0.25) is 9.00 Å². The number of hydrogen-bond donors (Lipinski definition) is 2. The first-order chi connectivity index (χ1) is 9.54. The lowest BCUT2D eigenvalue weighted by Crippen LogP contribution is -2.53. The standard InChI is InChI=1S/C12H20N2O5S/c15-11(16)7-10-8-14(3-4-19-10)12(17)13-9-1-5-20(18)6-2-9/h9-10H,1-8H2,(H,13,17)(H,15,16). The Balaban J connectivity index is 1.79. The van der Waals surface area contributed by atoms with Crippen molar-refractivity contribution in [2.75, 3.05) is 31.2 Å². The topological polar surface area (TPSA) is 95.9 Å². The lowest BCUT2D eigenvalue weighted by molar-refractivity contribution is -0.141. The maximum Gasteiger partial charge on any atom is 0.317 e. The summed E-state index contributed by atoms with van der Waals surface area (Å²) in [6.07, 6.45) is 0.945. The highest BCUT2D eigenvalue weighted by atomic mass is 32.2. The zero-order valence-electron chi connectivity index (χ0n) is 11.2. The van der Waals surface area contributed by atoms with E-state index in [1.165, 1.54) is 0 Å². The minimum atomic E-state index is -0.924. The minimum absolute atomic E-state index is 0.0703. The molecule has 0 radical (unpaired) electrons. The molecule has 0 aliphatic carbocycles. The van der Waals surface area contributed by atoms with Crippen LogP contribution in [0, 0.1) is 0 Å². The van der Waals surface area contributed by atoms with Gasteiger partial charge in [0.25, 0.3) is 0 Å². The van der Waals surface area contributed by atoms with Crippen molar-refractivity contribution in [2.24, 2.45) is 0 Å². The van der Waals surface area contributed by atoms with Gasteiger partial charge in [0.05, 0.1) is 19.1 Å². The average molecular weight is 304 g/mol. The Morgan fingerprint density at radius 1 is 1.35 bits per heavy atom. The number of amides is 2. The maximum atomic E-state index is 12.1. The number of morpholine rings is 1. The third kappa shape index (κ3) is 4.45. The quantitative estimate of drug-likeness (QED) is 0.751. The van der Waals surface area contributed by atoms with Crippen molar-refractivity contribution in [3.05, 3.63) is 0 Å². The molecule has 0 aromatic carbocycles. The van der Waals surface area contributed by atoms with E-state index in [4.69, 9.17) is 9.84 Å². The van der Waals surface area contributed by atoms with Crippen LogP contribution < -0.4 is 5.32 Å². The van der Waals surface area contributed by atoms with Crippen molar-refractivity contribution in [2.45, 2.75) is 31.4 Å². The molecular weight excluding hydrogens is 284 g/mol. The number of carbonyl (C=O) groups excluding carboxylic acids is 1. The Labute approximate surface area is 120 Å². The SMILES string of the molecule is O=C(O)CC1CN(C(=O)NC2CCS(=O)CC2)CCO1. The summed E-state index contributed by atoms with van der Waals surface area (Å²) in [7, 11) is -0.743. The molecule has 8 heteroatoms. The second-order valence-electron chi connectivity index (χ2n) is 5.11. The number of urea groups is 1. The van der Waals surface area contributed by atoms with Gasteiger partial charge in [0.2, 0.25) is 0 Å². The van der Waals surface area contributed by atoms with E-state index in [1.54, 1.807) is 4.90 Å². The fourth-order valence-corrected chi connectivity index (χ4v) is 3.73. The van der Waals surface area contributed by atoms with Gasteiger partial charge in [0.15, 0.2) is 0 Å². The van der Waals surface area contributed by atoms with Crippen molar-refractivity contribution in [1.29, 1.82) is 0 Å². The summed E-state index contributed by atoms with van der Waals surface area (Å²) in [5, 5.41) is 11.7. The first kappa shape index (κ1) is 15.2. The number of nitrogens with zero attached hydrogens (tertiary/aromatic N) is 1. The number of ether oxygens (including phenoxy) is 1. The van der Waals surface area contributed by atoms with Crippen LogP contribution in [0.3, 0.4) is 0 Å². The lowest BCUT2D eigenvalue weighted by Gasteiger charge is -2.34. The third-order valence-corrected chi connectivity index (χ3v) is 4.93. The van der Waals surface area contributed by atoms with Crippen LogP contribution in [-0.2, 0) is 20.3 Å². The van der Waals surface area contributed by atoms with Crippen molar-refractivity contribution in [1.82, 2.24) is 10.2 Å². The third-order valence-electron chi connectivity index (χ3n) is 3.54. The molecule has 20 heavy (non-hydrogen) atoms. The highest BCUT2D eigenvalue weighted by Crippen LogP contribution is 2.12. The van der Waals surface area contributed by atoms with Gasteiger partial charge in [-0.1, -0.05) is 0 Å². The predicted octanol–water partition coefficient (Wildman–Crippen LogP) is -0.217. The van der Waals surface area contributed by atoms with Crippen LogP contribution in [0.15, 0.2) is 0 Å². The van der Waals surface area contributed by atoms with Crippen molar-refractivity contribution in [3.8, 4) is 0 Å². The monoisotopic (exact) mass is 304 g/mol. The molecule has 0 aromatic rings. The number of carbonyl (C=O) groups is 2. The van der Waals surface area contributed by atoms with E-state index in [0.717, 1.165) is 12.8 Å². The Morgan fingerprint density at radius 2 is 2.05 bits per heavy atom. The van der Waals surface area contributed by atoms with Gasteiger partial charge in [-0.2, -0.15) is 0 Å². The molecule has 2 aliphatic rings. The molecule has 2 aliphatic heterocycles. The summed E-state index contributed by atoms with van der Waals surface area (Å²) in [6, 6.07) is -0.109. The summed E-state index contributed by atoms with van der Waals surface area (Å²) in [5.74, 6) is 0.345. The predicted molar refractivity (Wildman–Crippen MR) is 73.0 cm³/mol. The van der Waals surface area contributed by atoms with Gasteiger partial charge in [-0.15, -0.1) is 0 Å². The molecule has 0 saturated carbocycles.